The molecule has 0 bridgehead atoms. The lowest BCUT2D eigenvalue weighted by molar-refractivity contribution is -0.116. The number of carbonyl (C=O) groups is 2. The number of nitrogens with one attached hydrogen (secondary N) is 2. The highest BCUT2D eigenvalue weighted by molar-refractivity contribution is 8.00. The second-order valence-corrected chi connectivity index (χ2v) is 9.48. The molecule has 8 heteroatoms. The molecule has 4 nitrogen and oxygen atoms in total. The highest BCUT2D eigenvalue weighted by atomic mass is 35.5. The van der Waals surface area contributed by atoms with Crippen molar-refractivity contribution < 1.29 is 9.59 Å². The van der Waals surface area contributed by atoms with Gasteiger partial charge in [0.25, 0.3) is 0 Å². The standard InChI is InChI=1S/C24H21Cl3N2O2S/c1-2-21(24(31)29-20-8-4-7-19(26)23(20)27)32-18-6-3-5-17(14-18)28-22(30)13-15-9-11-16(25)12-10-15/h3-12,14,21H,2,13H2,1H3,(H,28,30)(H,29,31). The first-order valence-corrected chi connectivity index (χ1v) is 11.9. The zero-order valence-electron chi connectivity index (χ0n) is 17.2. The molecule has 0 aliphatic heterocycles. The molecular weight excluding hydrogens is 487 g/mol. The first-order valence-electron chi connectivity index (χ1n) is 9.91. The van der Waals surface area contributed by atoms with E-state index in [0.29, 0.717) is 32.9 Å². The van der Waals surface area contributed by atoms with Gasteiger partial charge in [-0.1, -0.05) is 66.0 Å². The van der Waals surface area contributed by atoms with E-state index in [9.17, 15) is 9.59 Å². The molecule has 1 unspecified atom stereocenters. The van der Waals surface area contributed by atoms with Gasteiger partial charge in [-0.25, -0.2) is 0 Å². The van der Waals surface area contributed by atoms with Gasteiger partial charge in [0.05, 0.1) is 27.4 Å². The van der Waals surface area contributed by atoms with Crippen LogP contribution in [0.15, 0.2) is 71.6 Å². The Bertz CT molecular complexity index is 1110. The van der Waals surface area contributed by atoms with E-state index in [-0.39, 0.29) is 23.5 Å². The van der Waals surface area contributed by atoms with Crippen molar-refractivity contribution in [3.05, 3.63) is 87.4 Å². The lowest BCUT2D eigenvalue weighted by atomic mass is 10.1. The Hall–Kier alpha value is -2.18. The second kappa shape index (κ2) is 11.6. The largest absolute Gasteiger partial charge is 0.326 e. The van der Waals surface area contributed by atoms with Crippen LogP contribution in [0.25, 0.3) is 0 Å². The van der Waals surface area contributed by atoms with Gasteiger partial charge >= 0.3 is 0 Å². The smallest absolute Gasteiger partial charge is 0.237 e. The van der Waals surface area contributed by atoms with Gasteiger partial charge in [0.15, 0.2) is 0 Å². The third-order valence-electron chi connectivity index (χ3n) is 4.55. The van der Waals surface area contributed by atoms with E-state index in [1.54, 1.807) is 30.3 Å². The van der Waals surface area contributed by atoms with Gasteiger partial charge < -0.3 is 10.6 Å². The van der Waals surface area contributed by atoms with Crippen LogP contribution in [-0.2, 0) is 16.0 Å². The van der Waals surface area contributed by atoms with E-state index in [0.717, 1.165) is 10.5 Å². The molecule has 0 spiro atoms. The number of anilines is 2. The van der Waals surface area contributed by atoms with E-state index in [1.165, 1.54) is 11.8 Å². The molecule has 0 aliphatic carbocycles. The van der Waals surface area contributed by atoms with Crippen LogP contribution in [0.5, 0.6) is 0 Å². The monoisotopic (exact) mass is 506 g/mol. The summed E-state index contributed by atoms with van der Waals surface area (Å²) in [6.07, 6.45) is 0.858. The Morgan fingerprint density at radius 3 is 2.38 bits per heavy atom. The van der Waals surface area contributed by atoms with Crippen LogP contribution in [0.4, 0.5) is 11.4 Å². The molecule has 0 aromatic heterocycles. The number of thioether (sulfide) groups is 1. The molecule has 0 aliphatic rings. The number of hydrogen-bond donors (Lipinski definition) is 2. The quantitative estimate of drug-likeness (QED) is 0.314. The van der Waals surface area contributed by atoms with Crippen molar-refractivity contribution in [1.82, 2.24) is 0 Å². The highest BCUT2D eigenvalue weighted by Crippen LogP contribution is 2.32. The van der Waals surface area contributed by atoms with E-state index in [2.05, 4.69) is 10.6 Å². The molecule has 0 radical (unpaired) electrons. The van der Waals surface area contributed by atoms with Gasteiger partial charge in [0.1, 0.15) is 0 Å². The third kappa shape index (κ3) is 6.91. The van der Waals surface area contributed by atoms with Crippen LogP contribution in [0.3, 0.4) is 0 Å². The fraction of sp³-hybridized carbons (Fsp3) is 0.167. The molecule has 2 N–H and O–H groups in total. The number of rotatable bonds is 8. The minimum atomic E-state index is -0.343. The molecule has 32 heavy (non-hydrogen) atoms. The number of carbonyl (C=O) groups excluding carboxylic acids is 2. The summed E-state index contributed by atoms with van der Waals surface area (Å²) in [7, 11) is 0. The third-order valence-corrected chi connectivity index (χ3v) is 6.98. The molecule has 0 saturated heterocycles. The molecule has 0 saturated carbocycles. The summed E-state index contributed by atoms with van der Waals surface area (Å²) in [5.74, 6) is -0.298. The predicted molar refractivity (Wildman–Crippen MR) is 135 cm³/mol. The van der Waals surface area contributed by atoms with Gasteiger partial charge in [-0.3, -0.25) is 9.59 Å². The Morgan fingerprint density at radius 2 is 1.66 bits per heavy atom. The fourth-order valence-electron chi connectivity index (χ4n) is 2.94. The van der Waals surface area contributed by atoms with E-state index >= 15 is 0 Å². The summed E-state index contributed by atoms with van der Waals surface area (Å²) < 4.78 is 0. The lowest BCUT2D eigenvalue weighted by Gasteiger charge is -2.16. The fourth-order valence-corrected chi connectivity index (χ4v) is 4.43. The van der Waals surface area contributed by atoms with Crippen molar-refractivity contribution in [1.29, 1.82) is 0 Å². The van der Waals surface area contributed by atoms with Gasteiger partial charge in [-0.2, -0.15) is 0 Å². The van der Waals surface area contributed by atoms with E-state index < -0.39 is 0 Å². The number of hydrogen-bond acceptors (Lipinski definition) is 3. The molecular formula is C24H21Cl3N2O2S. The summed E-state index contributed by atoms with van der Waals surface area (Å²) in [6.45, 7) is 1.94. The summed E-state index contributed by atoms with van der Waals surface area (Å²) in [6, 6.07) is 19.7. The Labute approximate surface area is 206 Å². The van der Waals surface area contributed by atoms with Crippen LogP contribution in [0, 0.1) is 0 Å². The van der Waals surface area contributed by atoms with Crippen LogP contribution in [-0.4, -0.2) is 17.1 Å². The number of benzene rings is 3. The van der Waals surface area contributed by atoms with Crippen LogP contribution in [0.1, 0.15) is 18.9 Å². The summed E-state index contributed by atoms with van der Waals surface area (Å²) in [5, 5.41) is 6.73. The van der Waals surface area contributed by atoms with Crippen LogP contribution < -0.4 is 10.6 Å². The number of amides is 2. The van der Waals surface area contributed by atoms with Crippen molar-refractivity contribution >= 4 is 69.8 Å². The molecule has 2 amide bonds. The average molecular weight is 508 g/mol. The molecule has 1 atom stereocenters. The molecule has 0 fully saturated rings. The predicted octanol–water partition coefficient (Wildman–Crippen LogP) is 7.34. The maximum absolute atomic E-state index is 12.8. The van der Waals surface area contributed by atoms with E-state index in [4.69, 9.17) is 34.8 Å². The van der Waals surface area contributed by atoms with Crippen molar-refractivity contribution in [2.45, 2.75) is 29.9 Å². The first kappa shape index (κ1) is 24.5. The summed E-state index contributed by atoms with van der Waals surface area (Å²) in [4.78, 5) is 26.0. The first-order chi connectivity index (χ1) is 15.4. The Morgan fingerprint density at radius 1 is 0.938 bits per heavy atom. The zero-order valence-corrected chi connectivity index (χ0v) is 20.3. The van der Waals surface area contributed by atoms with Gasteiger partial charge in [-0.05, 0) is 54.4 Å². The zero-order chi connectivity index (χ0) is 23.1. The Kier molecular flexibility index (Phi) is 8.88. The van der Waals surface area contributed by atoms with E-state index in [1.807, 2.05) is 43.3 Å². The van der Waals surface area contributed by atoms with Gasteiger partial charge in [0.2, 0.25) is 11.8 Å². The van der Waals surface area contributed by atoms with Crippen LogP contribution in [0.2, 0.25) is 15.1 Å². The molecule has 166 valence electrons. The summed E-state index contributed by atoms with van der Waals surface area (Å²) in [5.41, 5.74) is 2.02. The van der Waals surface area contributed by atoms with Crippen molar-refractivity contribution in [3.8, 4) is 0 Å². The topological polar surface area (TPSA) is 58.2 Å². The Balaban J connectivity index is 1.63. The van der Waals surface area contributed by atoms with Crippen LogP contribution >= 0.6 is 46.6 Å². The van der Waals surface area contributed by atoms with Crippen molar-refractivity contribution in [3.63, 3.8) is 0 Å². The maximum atomic E-state index is 12.8. The SMILES string of the molecule is CCC(Sc1cccc(NC(=O)Cc2ccc(Cl)cc2)c1)C(=O)Nc1cccc(Cl)c1Cl. The van der Waals surface area contributed by atoms with Crippen molar-refractivity contribution in [2.24, 2.45) is 0 Å². The molecule has 3 rings (SSSR count). The molecule has 0 heterocycles. The second-order valence-electron chi connectivity index (χ2n) is 6.98. The number of halogens is 3. The lowest BCUT2D eigenvalue weighted by Crippen LogP contribution is -2.24. The molecule has 3 aromatic carbocycles. The normalized spacial score (nSPS) is 11.6. The minimum absolute atomic E-state index is 0.130. The average Bonchev–Trinajstić information content (AvgIpc) is 2.77. The van der Waals surface area contributed by atoms with Crippen molar-refractivity contribution in [2.75, 3.05) is 10.6 Å². The highest BCUT2D eigenvalue weighted by Gasteiger charge is 2.20. The minimum Gasteiger partial charge on any atom is -0.326 e. The van der Waals surface area contributed by atoms with Gasteiger partial charge in [0, 0.05) is 15.6 Å². The molecule has 3 aromatic rings. The summed E-state index contributed by atoms with van der Waals surface area (Å²) >= 11 is 19.5. The maximum Gasteiger partial charge on any atom is 0.237 e. The van der Waals surface area contributed by atoms with Gasteiger partial charge in [-0.15, -0.1) is 11.8 Å².